The molecule has 2 rings (SSSR count). The molecule has 2 aromatic rings. The first kappa shape index (κ1) is 17.3. The van der Waals surface area contributed by atoms with Crippen LogP contribution in [0.4, 0.5) is 8.78 Å². The van der Waals surface area contributed by atoms with Crippen LogP contribution < -0.4 is 9.46 Å². The number of pyridine rings is 1. The number of ether oxygens (including phenoxy) is 1. The van der Waals surface area contributed by atoms with Gasteiger partial charge in [-0.3, -0.25) is 0 Å². The fourth-order valence-electron chi connectivity index (χ4n) is 1.60. The lowest BCUT2D eigenvalue weighted by atomic mass is 10.2. The lowest BCUT2D eigenvalue weighted by Crippen LogP contribution is -2.35. The van der Waals surface area contributed by atoms with Crippen molar-refractivity contribution in [3.05, 3.63) is 53.7 Å². The highest BCUT2D eigenvalue weighted by atomic mass is 32.2. The highest BCUT2D eigenvalue weighted by Gasteiger charge is 2.15. The van der Waals surface area contributed by atoms with E-state index in [9.17, 15) is 17.2 Å². The van der Waals surface area contributed by atoms with E-state index in [-0.39, 0.29) is 18.2 Å². The molecule has 124 valence electrons. The Balaban J connectivity index is 2.19. The monoisotopic (exact) mass is 343 g/mol. The molecule has 0 radical (unpaired) electrons. The summed E-state index contributed by atoms with van der Waals surface area (Å²) in [7, 11) is -0.822. The highest BCUT2D eigenvalue weighted by molar-refractivity contribution is 7.87. The fraction of sp³-hybridized carbons (Fsp3) is 0.214. The maximum Gasteiger partial charge on any atom is 0.279 e. The van der Waals surface area contributed by atoms with Crippen molar-refractivity contribution in [2.24, 2.45) is 0 Å². The average Bonchev–Trinajstić information content (AvgIpc) is 2.50. The molecule has 0 spiro atoms. The fourth-order valence-corrected chi connectivity index (χ4v) is 2.20. The largest absolute Gasteiger partial charge is 0.439 e. The Kier molecular flexibility index (Phi) is 5.24. The van der Waals surface area contributed by atoms with Gasteiger partial charge in [-0.1, -0.05) is 6.07 Å². The molecule has 0 aliphatic rings. The van der Waals surface area contributed by atoms with Gasteiger partial charge in [0.25, 0.3) is 10.2 Å². The number of halogens is 2. The molecule has 1 aromatic heterocycles. The number of aromatic nitrogens is 1. The molecular formula is C14H15F2N3O3S. The van der Waals surface area contributed by atoms with E-state index in [4.69, 9.17) is 4.74 Å². The predicted molar refractivity (Wildman–Crippen MR) is 80.1 cm³/mol. The molecule has 0 aliphatic carbocycles. The quantitative estimate of drug-likeness (QED) is 0.871. The second-order valence-electron chi connectivity index (χ2n) is 4.75. The zero-order chi connectivity index (χ0) is 17.0. The van der Waals surface area contributed by atoms with Crippen molar-refractivity contribution in [2.45, 2.75) is 6.54 Å². The maximum atomic E-state index is 13.2. The third kappa shape index (κ3) is 4.44. The number of hydrogen-bond donors (Lipinski definition) is 1. The summed E-state index contributed by atoms with van der Waals surface area (Å²) in [6.45, 7) is -0.0621. The zero-order valence-corrected chi connectivity index (χ0v) is 13.3. The van der Waals surface area contributed by atoms with Crippen molar-refractivity contribution in [3.63, 3.8) is 0 Å². The molecule has 9 heteroatoms. The van der Waals surface area contributed by atoms with Crippen molar-refractivity contribution < 1.29 is 21.9 Å². The van der Waals surface area contributed by atoms with Crippen molar-refractivity contribution in [1.82, 2.24) is 14.0 Å². The molecule has 0 atom stereocenters. The Morgan fingerprint density at radius 2 is 1.96 bits per heavy atom. The smallest absolute Gasteiger partial charge is 0.279 e. The van der Waals surface area contributed by atoms with Crippen LogP contribution in [0.2, 0.25) is 0 Å². The number of benzene rings is 1. The van der Waals surface area contributed by atoms with Gasteiger partial charge in [0.2, 0.25) is 5.88 Å². The minimum absolute atomic E-state index is 0.0549. The van der Waals surface area contributed by atoms with Gasteiger partial charge in [0.15, 0.2) is 11.6 Å². The minimum Gasteiger partial charge on any atom is -0.439 e. The normalized spacial score (nSPS) is 11.7. The van der Waals surface area contributed by atoms with E-state index in [1.165, 1.54) is 26.4 Å². The predicted octanol–water partition coefficient (Wildman–Crippen LogP) is 2.05. The van der Waals surface area contributed by atoms with E-state index in [2.05, 4.69) is 9.71 Å². The molecule has 0 bridgehead atoms. The number of hydrogen-bond acceptors (Lipinski definition) is 4. The van der Waals surface area contributed by atoms with Crippen LogP contribution in [-0.2, 0) is 16.8 Å². The van der Waals surface area contributed by atoms with E-state index >= 15 is 0 Å². The second-order valence-corrected chi connectivity index (χ2v) is 6.72. The van der Waals surface area contributed by atoms with Gasteiger partial charge < -0.3 is 4.74 Å². The van der Waals surface area contributed by atoms with Crippen LogP contribution in [0.1, 0.15) is 5.56 Å². The maximum absolute atomic E-state index is 13.2. The van der Waals surface area contributed by atoms with Crippen LogP contribution in [0.5, 0.6) is 11.6 Å². The minimum atomic E-state index is -3.61. The van der Waals surface area contributed by atoms with E-state index in [0.717, 1.165) is 16.4 Å². The Hall–Kier alpha value is -2.10. The van der Waals surface area contributed by atoms with E-state index in [0.29, 0.717) is 5.56 Å². The lowest BCUT2D eigenvalue weighted by molar-refractivity contribution is 0.441. The third-order valence-corrected chi connectivity index (χ3v) is 4.35. The molecule has 0 saturated carbocycles. The van der Waals surface area contributed by atoms with Crippen LogP contribution in [-0.4, -0.2) is 31.8 Å². The standard InChI is InChI=1S/C14H15F2N3O3S/c1-19(2)23(20,21)18-9-10-4-3-7-17-14(10)22-11-5-6-12(15)13(16)8-11/h3-8,18H,9H2,1-2H3. The Labute approximate surface area is 132 Å². The summed E-state index contributed by atoms with van der Waals surface area (Å²) in [5.41, 5.74) is 0.447. The Morgan fingerprint density at radius 1 is 1.22 bits per heavy atom. The average molecular weight is 343 g/mol. The third-order valence-electron chi connectivity index (χ3n) is 2.88. The van der Waals surface area contributed by atoms with Crippen molar-refractivity contribution in [3.8, 4) is 11.6 Å². The van der Waals surface area contributed by atoms with Gasteiger partial charge in [-0.25, -0.2) is 13.8 Å². The molecule has 0 amide bonds. The summed E-state index contributed by atoms with van der Waals surface area (Å²) in [6.07, 6.45) is 1.44. The molecule has 0 unspecified atom stereocenters. The van der Waals surface area contributed by atoms with Crippen molar-refractivity contribution >= 4 is 10.2 Å². The Morgan fingerprint density at radius 3 is 2.61 bits per heavy atom. The van der Waals surface area contributed by atoms with Crippen LogP contribution in [0.25, 0.3) is 0 Å². The molecule has 1 aromatic carbocycles. The zero-order valence-electron chi connectivity index (χ0n) is 12.5. The summed E-state index contributed by atoms with van der Waals surface area (Å²) < 4.78 is 58.4. The van der Waals surface area contributed by atoms with Crippen LogP contribution in [0.3, 0.4) is 0 Å². The summed E-state index contributed by atoms with van der Waals surface area (Å²) in [5.74, 6) is -1.88. The molecule has 0 saturated heterocycles. The van der Waals surface area contributed by atoms with E-state index in [1.807, 2.05) is 0 Å². The Bertz CT molecular complexity index is 798. The van der Waals surface area contributed by atoms with Crippen LogP contribution >= 0.6 is 0 Å². The molecule has 0 aliphatic heterocycles. The van der Waals surface area contributed by atoms with Crippen molar-refractivity contribution in [2.75, 3.05) is 14.1 Å². The van der Waals surface area contributed by atoms with Gasteiger partial charge >= 0.3 is 0 Å². The lowest BCUT2D eigenvalue weighted by Gasteiger charge is -2.14. The van der Waals surface area contributed by atoms with Crippen molar-refractivity contribution in [1.29, 1.82) is 0 Å². The molecule has 0 fully saturated rings. The van der Waals surface area contributed by atoms with Crippen LogP contribution in [0.15, 0.2) is 36.5 Å². The van der Waals surface area contributed by atoms with E-state index < -0.39 is 21.8 Å². The molecule has 1 N–H and O–H groups in total. The molecule has 23 heavy (non-hydrogen) atoms. The van der Waals surface area contributed by atoms with Gasteiger partial charge in [-0.2, -0.15) is 17.4 Å². The summed E-state index contributed by atoms with van der Waals surface area (Å²) in [5, 5.41) is 0. The van der Waals surface area contributed by atoms with E-state index in [1.54, 1.807) is 12.1 Å². The SMILES string of the molecule is CN(C)S(=O)(=O)NCc1cccnc1Oc1ccc(F)c(F)c1. The highest BCUT2D eigenvalue weighted by Crippen LogP contribution is 2.24. The van der Waals surface area contributed by atoms with Gasteiger partial charge in [0.1, 0.15) is 5.75 Å². The molecular weight excluding hydrogens is 328 g/mol. The van der Waals surface area contributed by atoms with Gasteiger partial charge in [0.05, 0.1) is 0 Å². The summed E-state index contributed by atoms with van der Waals surface area (Å²) in [6, 6.07) is 6.29. The summed E-state index contributed by atoms with van der Waals surface area (Å²) in [4.78, 5) is 3.98. The van der Waals surface area contributed by atoms with Gasteiger partial charge in [-0.15, -0.1) is 0 Å². The molecule has 1 heterocycles. The van der Waals surface area contributed by atoms with Gasteiger partial charge in [-0.05, 0) is 18.2 Å². The number of rotatable bonds is 6. The van der Waals surface area contributed by atoms with Gasteiger partial charge in [0, 0.05) is 38.5 Å². The first-order chi connectivity index (χ1) is 10.8. The number of nitrogens with one attached hydrogen (secondary N) is 1. The first-order valence-corrected chi connectivity index (χ1v) is 7.97. The van der Waals surface area contributed by atoms with Crippen LogP contribution in [0, 0.1) is 11.6 Å². The number of nitrogens with zero attached hydrogens (tertiary/aromatic N) is 2. The summed E-state index contributed by atoms with van der Waals surface area (Å²) >= 11 is 0. The topological polar surface area (TPSA) is 71.5 Å². The molecule has 6 nitrogen and oxygen atoms in total. The second kappa shape index (κ2) is 6.99. The first-order valence-electron chi connectivity index (χ1n) is 6.53.